The van der Waals surface area contributed by atoms with Crippen molar-refractivity contribution in [1.29, 1.82) is 0 Å². The molecular weight excluding hydrogens is 124 g/mol. The Morgan fingerprint density at radius 2 is 2.10 bits per heavy atom. The van der Waals surface area contributed by atoms with Gasteiger partial charge in [-0.1, -0.05) is 0 Å². The molecule has 0 radical (unpaired) electrons. The zero-order valence-corrected chi connectivity index (χ0v) is 6.65. The molecule has 0 amide bonds. The average molecular weight is 138 g/mol. The first kappa shape index (κ1) is 7.56. The van der Waals surface area contributed by atoms with Crippen molar-refractivity contribution in [3.63, 3.8) is 0 Å². The smallest absolute Gasteiger partial charge is 0.286 e. The van der Waals surface area contributed by atoms with Crippen LogP contribution < -0.4 is 5.32 Å². The highest BCUT2D eigenvalue weighted by atomic mass is 15.1. The SMILES string of the molecule is [C-]#[N+]C1(NC(C)C)CCC1. The Bertz CT molecular complexity index is 151. The minimum atomic E-state index is -0.172. The van der Waals surface area contributed by atoms with E-state index in [0.717, 1.165) is 12.8 Å². The molecule has 0 bridgehead atoms. The lowest BCUT2D eigenvalue weighted by Gasteiger charge is -2.32. The topological polar surface area (TPSA) is 16.4 Å². The van der Waals surface area contributed by atoms with Gasteiger partial charge in [-0.05, 0) is 20.3 Å². The second kappa shape index (κ2) is 2.59. The normalized spacial score (nSPS) is 21.8. The summed E-state index contributed by atoms with van der Waals surface area (Å²) >= 11 is 0. The average Bonchev–Trinajstić information content (AvgIpc) is 1.78. The molecular formula is C8H14N2. The lowest BCUT2D eigenvalue weighted by Crippen LogP contribution is -2.50. The van der Waals surface area contributed by atoms with Crippen molar-refractivity contribution in [3.8, 4) is 0 Å². The molecule has 0 spiro atoms. The standard InChI is InChI=1S/C8H14N2/c1-7(2)10-8(9-3)5-4-6-8/h7,10H,4-6H2,1-2H3. The third-order valence-electron chi connectivity index (χ3n) is 1.95. The lowest BCUT2D eigenvalue weighted by molar-refractivity contribution is 0.226. The maximum Gasteiger partial charge on any atom is 0.286 e. The fourth-order valence-electron chi connectivity index (χ4n) is 1.34. The van der Waals surface area contributed by atoms with Crippen LogP contribution in [0.25, 0.3) is 4.85 Å². The van der Waals surface area contributed by atoms with Crippen LogP contribution >= 0.6 is 0 Å². The fraction of sp³-hybridized carbons (Fsp3) is 0.875. The highest BCUT2D eigenvalue weighted by molar-refractivity contribution is 5.03. The van der Waals surface area contributed by atoms with Gasteiger partial charge in [-0.3, -0.25) is 4.85 Å². The maximum atomic E-state index is 6.96. The summed E-state index contributed by atoms with van der Waals surface area (Å²) in [6, 6.07) is 0.439. The molecule has 1 fully saturated rings. The Morgan fingerprint density at radius 3 is 2.20 bits per heavy atom. The predicted molar refractivity (Wildman–Crippen MR) is 41.5 cm³/mol. The fourth-order valence-corrected chi connectivity index (χ4v) is 1.34. The highest BCUT2D eigenvalue weighted by Crippen LogP contribution is 2.33. The summed E-state index contributed by atoms with van der Waals surface area (Å²) < 4.78 is 0. The van der Waals surface area contributed by atoms with Crippen LogP contribution in [-0.4, -0.2) is 11.7 Å². The first-order valence-corrected chi connectivity index (χ1v) is 3.85. The summed E-state index contributed by atoms with van der Waals surface area (Å²) in [7, 11) is 0. The van der Waals surface area contributed by atoms with Crippen LogP contribution in [0.4, 0.5) is 0 Å². The lowest BCUT2D eigenvalue weighted by atomic mass is 9.85. The van der Waals surface area contributed by atoms with Gasteiger partial charge in [0, 0.05) is 18.9 Å². The summed E-state index contributed by atoms with van der Waals surface area (Å²) in [6.07, 6.45) is 3.28. The number of nitrogens with one attached hydrogen (secondary N) is 1. The van der Waals surface area contributed by atoms with E-state index < -0.39 is 0 Å². The Kier molecular flexibility index (Phi) is 1.96. The quantitative estimate of drug-likeness (QED) is 0.575. The van der Waals surface area contributed by atoms with Crippen molar-refractivity contribution >= 4 is 0 Å². The molecule has 0 aromatic rings. The molecule has 0 atom stereocenters. The van der Waals surface area contributed by atoms with E-state index in [4.69, 9.17) is 6.57 Å². The Morgan fingerprint density at radius 1 is 1.50 bits per heavy atom. The van der Waals surface area contributed by atoms with Gasteiger partial charge in [0.05, 0.1) is 0 Å². The highest BCUT2D eigenvalue weighted by Gasteiger charge is 2.43. The number of rotatable bonds is 2. The number of hydrogen-bond acceptors (Lipinski definition) is 1. The van der Waals surface area contributed by atoms with Crippen LogP contribution in [0.5, 0.6) is 0 Å². The second-order valence-corrected chi connectivity index (χ2v) is 3.30. The molecule has 1 aliphatic rings. The second-order valence-electron chi connectivity index (χ2n) is 3.30. The molecule has 0 saturated heterocycles. The van der Waals surface area contributed by atoms with Crippen LogP contribution in [0.1, 0.15) is 33.1 Å². The molecule has 1 aliphatic carbocycles. The van der Waals surface area contributed by atoms with Crippen molar-refractivity contribution < 1.29 is 0 Å². The third kappa shape index (κ3) is 1.30. The summed E-state index contributed by atoms with van der Waals surface area (Å²) in [5.41, 5.74) is -0.172. The van der Waals surface area contributed by atoms with Crippen LogP contribution in [0.15, 0.2) is 0 Å². The van der Waals surface area contributed by atoms with Crippen LogP contribution in [-0.2, 0) is 0 Å². The molecule has 0 unspecified atom stereocenters. The van der Waals surface area contributed by atoms with E-state index in [1.54, 1.807) is 0 Å². The molecule has 0 aliphatic heterocycles. The molecule has 1 N–H and O–H groups in total. The zero-order chi connectivity index (χ0) is 7.61. The summed E-state index contributed by atoms with van der Waals surface area (Å²) in [5, 5.41) is 3.29. The Labute approximate surface area is 62.4 Å². The van der Waals surface area contributed by atoms with Gasteiger partial charge in [-0.25, -0.2) is 11.9 Å². The molecule has 2 heteroatoms. The van der Waals surface area contributed by atoms with Gasteiger partial charge in [-0.15, -0.1) is 0 Å². The van der Waals surface area contributed by atoms with Crippen molar-refractivity contribution in [2.24, 2.45) is 0 Å². The van der Waals surface area contributed by atoms with E-state index >= 15 is 0 Å². The van der Waals surface area contributed by atoms with E-state index in [-0.39, 0.29) is 5.66 Å². The van der Waals surface area contributed by atoms with E-state index in [1.165, 1.54) is 6.42 Å². The van der Waals surface area contributed by atoms with Crippen molar-refractivity contribution in [3.05, 3.63) is 11.4 Å². The molecule has 56 valence electrons. The van der Waals surface area contributed by atoms with Gasteiger partial charge >= 0.3 is 0 Å². The van der Waals surface area contributed by atoms with Gasteiger partial charge in [0.25, 0.3) is 5.66 Å². The third-order valence-corrected chi connectivity index (χ3v) is 1.95. The number of nitrogens with zero attached hydrogens (tertiary/aromatic N) is 1. The van der Waals surface area contributed by atoms with Gasteiger partial charge in [0.15, 0.2) is 0 Å². The van der Waals surface area contributed by atoms with Gasteiger partial charge in [-0.2, -0.15) is 0 Å². The van der Waals surface area contributed by atoms with Crippen molar-refractivity contribution in [2.45, 2.75) is 44.8 Å². The largest absolute Gasteiger partial charge is 0.293 e. The van der Waals surface area contributed by atoms with Gasteiger partial charge < -0.3 is 0 Å². The maximum absolute atomic E-state index is 6.96. The molecule has 1 rings (SSSR count). The van der Waals surface area contributed by atoms with Crippen LogP contribution in [0.2, 0.25) is 0 Å². The first-order chi connectivity index (χ1) is 4.68. The molecule has 1 saturated carbocycles. The molecule has 0 aromatic carbocycles. The summed E-state index contributed by atoms with van der Waals surface area (Å²) in [6.45, 7) is 11.1. The zero-order valence-electron chi connectivity index (χ0n) is 6.65. The minimum absolute atomic E-state index is 0.172. The van der Waals surface area contributed by atoms with E-state index in [2.05, 4.69) is 24.0 Å². The molecule has 2 nitrogen and oxygen atoms in total. The molecule has 0 heterocycles. The van der Waals surface area contributed by atoms with Crippen molar-refractivity contribution in [1.82, 2.24) is 5.32 Å². The Balaban J connectivity index is 2.43. The monoisotopic (exact) mass is 138 g/mol. The predicted octanol–water partition coefficient (Wildman–Crippen LogP) is 1.78. The van der Waals surface area contributed by atoms with E-state index in [9.17, 15) is 0 Å². The van der Waals surface area contributed by atoms with Gasteiger partial charge in [0.2, 0.25) is 0 Å². The van der Waals surface area contributed by atoms with Crippen LogP contribution in [0.3, 0.4) is 0 Å². The van der Waals surface area contributed by atoms with Gasteiger partial charge in [0.1, 0.15) is 0 Å². The summed E-state index contributed by atoms with van der Waals surface area (Å²) in [5.74, 6) is 0. The Hall–Kier alpha value is -0.550. The molecule has 0 aromatic heterocycles. The number of hydrogen-bond donors (Lipinski definition) is 1. The summed E-state index contributed by atoms with van der Waals surface area (Å²) in [4.78, 5) is 3.60. The molecule has 10 heavy (non-hydrogen) atoms. The van der Waals surface area contributed by atoms with Crippen molar-refractivity contribution in [2.75, 3.05) is 0 Å². The van der Waals surface area contributed by atoms with E-state index in [1.807, 2.05) is 0 Å². The van der Waals surface area contributed by atoms with Crippen LogP contribution in [0, 0.1) is 6.57 Å². The van der Waals surface area contributed by atoms with E-state index in [0.29, 0.717) is 6.04 Å². The minimum Gasteiger partial charge on any atom is -0.293 e. The first-order valence-electron chi connectivity index (χ1n) is 3.85.